The summed E-state index contributed by atoms with van der Waals surface area (Å²) in [6.45, 7) is 4.94. The third-order valence-electron chi connectivity index (χ3n) is 5.87. The summed E-state index contributed by atoms with van der Waals surface area (Å²) in [5.74, 6) is 1.74. The SMILES string of the molecule is CN1CCc2c(nc(-c3ccc(NC(=O)Nc4cccnc4)cc3)nc2N2CCOCC2)C1. The van der Waals surface area contributed by atoms with Crippen molar-refractivity contribution in [2.45, 2.75) is 13.0 Å². The van der Waals surface area contributed by atoms with E-state index in [9.17, 15) is 4.79 Å². The molecule has 2 amide bonds. The molecule has 0 spiro atoms. The van der Waals surface area contributed by atoms with Crippen LogP contribution in [0.4, 0.5) is 22.0 Å². The maximum absolute atomic E-state index is 12.3. The Labute approximate surface area is 192 Å². The van der Waals surface area contributed by atoms with Crippen molar-refractivity contribution < 1.29 is 9.53 Å². The number of urea groups is 1. The fraction of sp³-hybridized carbons (Fsp3) is 0.333. The number of likely N-dealkylation sites (N-methyl/N-ethyl adjacent to an activating group) is 1. The summed E-state index contributed by atoms with van der Waals surface area (Å²) in [6.07, 6.45) is 4.21. The number of hydrogen-bond donors (Lipinski definition) is 2. The van der Waals surface area contributed by atoms with Gasteiger partial charge in [-0.3, -0.25) is 4.98 Å². The second-order valence-electron chi connectivity index (χ2n) is 8.28. The zero-order chi connectivity index (χ0) is 22.6. The van der Waals surface area contributed by atoms with Gasteiger partial charge in [-0.05, 0) is 49.9 Å². The Balaban J connectivity index is 1.37. The predicted molar refractivity (Wildman–Crippen MR) is 127 cm³/mol. The highest BCUT2D eigenvalue weighted by Gasteiger charge is 2.25. The lowest BCUT2D eigenvalue weighted by molar-refractivity contribution is 0.122. The molecule has 2 aromatic heterocycles. The summed E-state index contributed by atoms with van der Waals surface area (Å²) in [5, 5.41) is 5.60. The number of pyridine rings is 1. The van der Waals surface area contributed by atoms with E-state index in [1.165, 1.54) is 5.56 Å². The Hall–Kier alpha value is -3.56. The van der Waals surface area contributed by atoms with Gasteiger partial charge in [0.2, 0.25) is 0 Å². The first-order chi connectivity index (χ1) is 16.2. The lowest BCUT2D eigenvalue weighted by atomic mass is 10.0. The molecule has 9 heteroatoms. The maximum atomic E-state index is 12.3. The summed E-state index contributed by atoms with van der Waals surface area (Å²) in [7, 11) is 2.12. The number of anilines is 3. The fourth-order valence-corrected chi connectivity index (χ4v) is 4.14. The van der Waals surface area contributed by atoms with E-state index in [2.05, 4.69) is 32.5 Å². The Kier molecular flexibility index (Phi) is 6.14. The number of ether oxygens (including phenoxy) is 1. The molecule has 2 aliphatic heterocycles. The van der Waals surface area contributed by atoms with E-state index in [4.69, 9.17) is 14.7 Å². The van der Waals surface area contributed by atoms with E-state index < -0.39 is 0 Å². The van der Waals surface area contributed by atoms with Crippen molar-refractivity contribution in [3.05, 3.63) is 60.0 Å². The number of nitrogens with one attached hydrogen (secondary N) is 2. The molecule has 0 aliphatic carbocycles. The van der Waals surface area contributed by atoms with E-state index >= 15 is 0 Å². The molecule has 2 aliphatic rings. The predicted octanol–water partition coefficient (Wildman–Crippen LogP) is 3.01. The van der Waals surface area contributed by atoms with Crippen molar-refractivity contribution in [1.29, 1.82) is 0 Å². The van der Waals surface area contributed by atoms with Crippen LogP contribution in [0.1, 0.15) is 11.3 Å². The highest BCUT2D eigenvalue weighted by molar-refractivity contribution is 5.99. The molecule has 1 aromatic carbocycles. The van der Waals surface area contributed by atoms with Crippen molar-refractivity contribution in [2.24, 2.45) is 0 Å². The van der Waals surface area contributed by atoms with Gasteiger partial charge in [0.1, 0.15) is 5.82 Å². The van der Waals surface area contributed by atoms with Gasteiger partial charge in [0, 0.05) is 49.2 Å². The average Bonchev–Trinajstić information content (AvgIpc) is 2.85. The molecular weight excluding hydrogens is 418 g/mol. The van der Waals surface area contributed by atoms with Crippen LogP contribution in [0.5, 0.6) is 0 Å². The summed E-state index contributed by atoms with van der Waals surface area (Å²) < 4.78 is 5.54. The number of carbonyl (C=O) groups is 1. The Morgan fingerprint density at radius 1 is 1.00 bits per heavy atom. The average molecular weight is 446 g/mol. The highest BCUT2D eigenvalue weighted by atomic mass is 16.5. The number of amides is 2. The molecule has 0 atom stereocenters. The highest BCUT2D eigenvalue weighted by Crippen LogP contribution is 2.30. The minimum Gasteiger partial charge on any atom is -0.378 e. The summed E-state index contributed by atoms with van der Waals surface area (Å²) in [5.41, 5.74) is 4.58. The molecule has 0 bridgehead atoms. The molecule has 5 rings (SSSR count). The van der Waals surface area contributed by atoms with Gasteiger partial charge in [-0.25, -0.2) is 14.8 Å². The van der Waals surface area contributed by atoms with Gasteiger partial charge in [-0.15, -0.1) is 0 Å². The lowest BCUT2D eigenvalue weighted by Gasteiger charge is -2.33. The fourth-order valence-electron chi connectivity index (χ4n) is 4.14. The zero-order valence-corrected chi connectivity index (χ0v) is 18.6. The van der Waals surface area contributed by atoms with Crippen molar-refractivity contribution in [2.75, 3.05) is 55.4 Å². The third-order valence-corrected chi connectivity index (χ3v) is 5.87. The van der Waals surface area contributed by atoms with Crippen LogP contribution in [0.25, 0.3) is 11.4 Å². The first-order valence-corrected chi connectivity index (χ1v) is 11.2. The molecule has 4 heterocycles. The number of morpholine rings is 1. The monoisotopic (exact) mass is 445 g/mol. The molecule has 2 N–H and O–H groups in total. The number of rotatable bonds is 4. The molecule has 0 unspecified atom stereocenters. The smallest absolute Gasteiger partial charge is 0.323 e. The second kappa shape index (κ2) is 9.51. The molecule has 1 saturated heterocycles. The zero-order valence-electron chi connectivity index (χ0n) is 18.6. The molecule has 0 saturated carbocycles. The molecule has 170 valence electrons. The molecule has 3 aromatic rings. The Morgan fingerprint density at radius 3 is 2.55 bits per heavy atom. The van der Waals surface area contributed by atoms with E-state index in [1.54, 1.807) is 24.5 Å². The summed E-state index contributed by atoms with van der Waals surface area (Å²) in [6, 6.07) is 10.8. The molecule has 33 heavy (non-hydrogen) atoms. The van der Waals surface area contributed by atoms with Gasteiger partial charge in [-0.1, -0.05) is 0 Å². The van der Waals surface area contributed by atoms with Crippen molar-refractivity contribution in [3.8, 4) is 11.4 Å². The van der Waals surface area contributed by atoms with Crippen molar-refractivity contribution in [1.82, 2.24) is 19.9 Å². The number of benzene rings is 1. The van der Waals surface area contributed by atoms with Crippen LogP contribution in [0, 0.1) is 0 Å². The van der Waals surface area contributed by atoms with Gasteiger partial charge < -0.3 is 25.2 Å². The quantitative estimate of drug-likeness (QED) is 0.637. The normalized spacial score (nSPS) is 16.2. The topological polar surface area (TPSA) is 95.5 Å². The van der Waals surface area contributed by atoms with Crippen LogP contribution in [-0.2, 0) is 17.7 Å². The van der Waals surface area contributed by atoms with Gasteiger partial charge in [0.05, 0.1) is 30.8 Å². The molecular formula is C24H27N7O2. The third kappa shape index (κ3) is 4.94. The summed E-state index contributed by atoms with van der Waals surface area (Å²) >= 11 is 0. The minimum absolute atomic E-state index is 0.321. The minimum atomic E-state index is -0.321. The second-order valence-corrected chi connectivity index (χ2v) is 8.28. The van der Waals surface area contributed by atoms with Crippen LogP contribution < -0.4 is 15.5 Å². The number of nitrogens with zero attached hydrogens (tertiary/aromatic N) is 5. The molecule has 1 fully saturated rings. The first kappa shape index (κ1) is 21.3. The van der Waals surface area contributed by atoms with Crippen LogP contribution in [0.3, 0.4) is 0 Å². The van der Waals surface area contributed by atoms with E-state index in [1.807, 2.05) is 24.3 Å². The van der Waals surface area contributed by atoms with Crippen LogP contribution >= 0.6 is 0 Å². The van der Waals surface area contributed by atoms with Crippen molar-refractivity contribution >= 4 is 23.2 Å². The largest absolute Gasteiger partial charge is 0.378 e. The van der Waals surface area contributed by atoms with Crippen molar-refractivity contribution in [3.63, 3.8) is 0 Å². The molecule has 0 radical (unpaired) electrons. The van der Waals surface area contributed by atoms with E-state index in [0.717, 1.165) is 62.9 Å². The van der Waals surface area contributed by atoms with Crippen LogP contribution in [0.2, 0.25) is 0 Å². The maximum Gasteiger partial charge on any atom is 0.323 e. The van der Waals surface area contributed by atoms with Gasteiger partial charge in [-0.2, -0.15) is 0 Å². The Morgan fingerprint density at radius 2 is 1.79 bits per heavy atom. The number of carbonyl (C=O) groups excluding carboxylic acids is 1. The van der Waals surface area contributed by atoms with E-state index in [0.29, 0.717) is 17.2 Å². The van der Waals surface area contributed by atoms with Gasteiger partial charge >= 0.3 is 6.03 Å². The summed E-state index contributed by atoms with van der Waals surface area (Å²) in [4.78, 5) is 30.8. The first-order valence-electron chi connectivity index (χ1n) is 11.2. The van der Waals surface area contributed by atoms with Gasteiger partial charge in [0.25, 0.3) is 0 Å². The number of fused-ring (bicyclic) bond motifs is 1. The standard InChI is InChI=1S/C24H27N7O2/c1-30-10-8-20-21(16-30)28-22(29-23(20)31-11-13-33-14-12-31)17-4-6-18(7-5-17)26-24(32)27-19-3-2-9-25-15-19/h2-7,9,15H,8,10-14,16H2,1H3,(H2,26,27,32). The lowest BCUT2D eigenvalue weighted by Crippen LogP contribution is -2.39. The molecule has 9 nitrogen and oxygen atoms in total. The number of hydrogen-bond acceptors (Lipinski definition) is 7. The van der Waals surface area contributed by atoms with Crippen LogP contribution in [0.15, 0.2) is 48.8 Å². The van der Waals surface area contributed by atoms with Gasteiger partial charge in [0.15, 0.2) is 5.82 Å². The Bertz CT molecular complexity index is 1120. The van der Waals surface area contributed by atoms with Crippen LogP contribution in [-0.4, -0.2) is 65.8 Å². The number of aromatic nitrogens is 3. The van der Waals surface area contributed by atoms with E-state index in [-0.39, 0.29) is 6.03 Å².